The second-order valence-corrected chi connectivity index (χ2v) is 6.34. The fourth-order valence-corrected chi connectivity index (χ4v) is 3.43. The third kappa shape index (κ3) is 2.70. The van der Waals surface area contributed by atoms with Gasteiger partial charge in [0.2, 0.25) is 0 Å². The third-order valence-corrected chi connectivity index (χ3v) is 4.75. The lowest BCUT2D eigenvalue weighted by Crippen LogP contribution is -2.06. The molecule has 24 heavy (non-hydrogen) atoms. The van der Waals surface area contributed by atoms with Gasteiger partial charge >= 0.3 is 5.63 Å². The minimum atomic E-state index is -0.314. The minimum Gasteiger partial charge on any atom is -0.421 e. The van der Waals surface area contributed by atoms with Crippen molar-refractivity contribution < 1.29 is 4.42 Å². The van der Waals surface area contributed by atoms with Crippen molar-refractivity contribution in [1.29, 1.82) is 0 Å². The van der Waals surface area contributed by atoms with Crippen LogP contribution in [0.5, 0.6) is 0 Å². The normalized spacial score (nSPS) is 10.7. The van der Waals surface area contributed by atoms with Crippen LogP contribution in [-0.4, -0.2) is 0 Å². The fraction of sp³-hybridized carbons (Fsp3) is 0. The summed E-state index contributed by atoms with van der Waals surface area (Å²) in [7, 11) is 0. The Bertz CT molecular complexity index is 1000. The maximum Gasteiger partial charge on any atom is 0.344 e. The Balaban J connectivity index is 2.01. The highest BCUT2D eigenvalue weighted by molar-refractivity contribution is 7.13. The molecule has 2 heterocycles. The Morgan fingerprint density at radius 1 is 0.750 bits per heavy atom. The molecule has 4 rings (SSSR count). The molecule has 0 aliphatic heterocycles. The highest BCUT2D eigenvalue weighted by atomic mass is 32.1. The number of benzene rings is 2. The zero-order valence-corrected chi connectivity index (χ0v) is 13.6. The molecule has 2 aromatic heterocycles. The molecule has 4 aromatic rings. The van der Waals surface area contributed by atoms with Gasteiger partial charge in [0.1, 0.15) is 5.76 Å². The zero-order valence-electron chi connectivity index (χ0n) is 12.8. The monoisotopic (exact) mass is 330 g/mol. The van der Waals surface area contributed by atoms with E-state index in [1.807, 2.05) is 84.2 Å². The van der Waals surface area contributed by atoms with E-state index in [9.17, 15) is 4.79 Å². The first-order valence-corrected chi connectivity index (χ1v) is 8.54. The van der Waals surface area contributed by atoms with Crippen LogP contribution in [0.3, 0.4) is 0 Å². The molecule has 0 atom stereocenters. The van der Waals surface area contributed by atoms with Gasteiger partial charge in [-0.1, -0.05) is 66.7 Å². The molecular formula is C21H14O2S. The molecule has 0 amide bonds. The van der Waals surface area contributed by atoms with Gasteiger partial charge in [0.25, 0.3) is 0 Å². The maximum absolute atomic E-state index is 12.8. The lowest BCUT2D eigenvalue weighted by molar-refractivity contribution is 0.530. The zero-order chi connectivity index (χ0) is 16.4. The number of hydrogen-bond acceptors (Lipinski definition) is 3. The van der Waals surface area contributed by atoms with Crippen molar-refractivity contribution in [1.82, 2.24) is 0 Å². The van der Waals surface area contributed by atoms with Crippen LogP contribution in [0.2, 0.25) is 0 Å². The SMILES string of the molecule is O=c1oc(-c2cccs2)cc(-c2ccccc2)c1-c1ccccc1. The fourth-order valence-electron chi connectivity index (χ4n) is 2.76. The average Bonchev–Trinajstić information content (AvgIpc) is 3.17. The van der Waals surface area contributed by atoms with Gasteiger partial charge < -0.3 is 4.42 Å². The van der Waals surface area contributed by atoms with Crippen molar-refractivity contribution >= 4 is 11.3 Å². The standard InChI is InChI=1S/C21H14O2S/c22-21-20(16-10-5-2-6-11-16)17(15-8-3-1-4-9-15)14-18(23-21)19-12-7-13-24-19/h1-14H. The molecule has 0 radical (unpaired) electrons. The molecule has 0 aliphatic carbocycles. The van der Waals surface area contributed by atoms with E-state index >= 15 is 0 Å². The summed E-state index contributed by atoms with van der Waals surface area (Å²) in [5, 5.41) is 1.97. The van der Waals surface area contributed by atoms with Crippen molar-refractivity contribution in [3.8, 4) is 32.9 Å². The summed E-state index contributed by atoms with van der Waals surface area (Å²) >= 11 is 1.56. The van der Waals surface area contributed by atoms with E-state index in [-0.39, 0.29) is 5.63 Å². The van der Waals surface area contributed by atoms with E-state index in [2.05, 4.69) is 0 Å². The first-order valence-electron chi connectivity index (χ1n) is 7.66. The lowest BCUT2D eigenvalue weighted by atomic mass is 9.96. The van der Waals surface area contributed by atoms with Crippen LogP contribution < -0.4 is 5.63 Å². The van der Waals surface area contributed by atoms with Crippen LogP contribution in [-0.2, 0) is 0 Å². The highest BCUT2D eigenvalue weighted by Gasteiger charge is 2.16. The van der Waals surface area contributed by atoms with E-state index in [4.69, 9.17) is 4.42 Å². The topological polar surface area (TPSA) is 30.2 Å². The van der Waals surface area contributed by atoms with E-state index in [1.165, 1.54) is 0 Å². The van der Waals surface area contributed by atoms with Crippen LogP contribution in [0.4, 0.5) is 0 Å². The van der Waals surface area contributed by atoms with Crippen molar-refractivity contribution in [2.75, 3.05) is 0 Å². The first kappa shape index (κ1) is 14.7. The van der Waals surface area contributed by atoms with E-state index < -0.39 is 0 Å². The predicted octanol–water partition coefficient (Wildman–Crippen LogP) is 5.70. The van der Waals surface area contributed by atoms with Crippen LogP contribution in [0, 0.1) is 0 Å². The summed E-state index contributed by atoms with van der Waals surface area (Å²) in [5.74, 6) is 0.605. The largest absolute Gasteiger partial charge is 0.421 e. The van der Waals surface area contributed by atoms with Crippen LogP contribution >= 0.6 is 11.3 Å². The number of thiophene rings is 1. The van der Waals surface area contributed by atoms with Gasteiger partial charge in [-0.15, -0.1) is 11.3 Å². The number of rotatable bonds is 3. The molecule has 0 N–H and O–H groups in total. The Kier molecular flexibility index (Phi) is 3.85. The molecule has 116 valence electrons. The Morgan fingerprint density at radius 3 is 2.04 bits per heavy atom. The second kappa shape index (κ2) is 6.30. The first-order chi connectivity index (χ1) is 11.8. The number of hydrogen-bond donors (Lipinski definition) is 0. The van der Waals surface area contributed by atoms with Crippen molar-refractivity contribution in [3.63, 3.8) is 0 Å². The van der Waals surface area contributed by atoms with Gasteiger partial charge in [-0.05, 0) is 28.6 Å². The smallest absolute Gasteiger partial charge is 0.344 e. The van der Waals surface area contributed by atoms with Gasteiger partial charge in [-0.25, -0.2) is 4.79 Å². The average molecular weight is 330 g/mol. The van der Waals surface area contributed by atoms with Gasteiger partial charge in [0, 0.05) is 5.56 Å². The van der Waals surface area contributed by atoms with Gasteiger partial charge in [0.15, 0.2) is 0 Å². The summed E-state index contributed by atoms with van der Waals surface area (Å²) < 4.78 is 5.62. The summed E-state index contributed by atoms with van der Waals surface area (Å²) in [6.07, 6.45) is 0. The van der Waals surface area contributed by atoms with Crippen molar-refractivity contribution in [3.05, 3.63) is 94.7 Å². The molecule has 0 unspecified atom stereocenters. The summed E-state index contributed by atoms with van der Waals surface area (Å²) in [6.45, 7) is 0. The van der Waals surface area contributed by atoms with Crippen molar-refractivity contribution in [2.24, 2.45) is 0 Å². The lowest BCUT2D eigenvalue weighted by Gasteiger charge is -2.10. The highest BCUT2D eigenvalue weighted by Crippen LogP contribution is 2.34. The Morgan fingerprint density at radius 2 is 1.42 bits per heavy atom. The molecule has 2 nitrogen and oxygen atoms in total. The van der Waals surface area contributed by atoms with E-state index in [0.717, 1.165) is 21.6 Å². The molecule has 0 fully saturated rings. The maximum atomic E-state index is 12.8. The molecule has 0 saturated heterocycles. The molecule has 3 heteroatoms. The minimum absolute atomic E-state index is 0.314. The molecular weight excluding hydrogens is 316 g/mol. The van der Waals surface area contributed by atoms with Crippen LogP contribution in [0.15, 0.2) is 93.5 Å². The van der Waals surface area contributed by atoms with Gasteiger partial charge in [-0.3, -0.25) is 0 Å². The molecule has 0 spiro atoms. The summed E-state index contributed by atoms with van der Waals surface area (Å²) in [4.78, 5) is 13.7. The predicted molar refractivity (Wildman–Crippen MR) is 99.2 cm³/mol. The summed E-state index contributed by atoms with van der Waals surface area (Å²) in [6, 6.07) is 25.5. The molecule has 0 bridgehead atoms. The molecule has 0 saturated carbocycles. The van der Waals surface area contributed by atoms with Crippen LogP contribution in [0.1, 0.15) is 0 Å². The quantitative estimate of drug-likeness (QED) is 0.482. The Hall–Kier alpha value is -2.91. The molecule has 2 aromatic carbocycles. The van der Waals surface area contributed by atoms with Crippen molar-refractivity contribution in [2.45, 2.75) is 0 Å². The summed E-state index contributed by atoms with van der Waals surface area (Å²) in [5.41, 5.74) is 3.04. The third-order valence-electron chi connectivity index (χ3n) is 3.86. The molecule has 0 aliphatic rings. The van der Waals surface area contributed by atoms with Crippen LogP contribution in [0.25, 0.3) is 32.9 Å². The van der Waals surface area contributed by atoms with E-state index in [0.29, 0.717) is 11.3 Å². The Labute approximate surface area is 143 Å². The van der Waals surface area contributed by atoms with Gasteiger partial charge in [0.05, 0.1) is 10.4 Å². The second-order valence-electron chi connectivity index (χ2n) is 5.40. The van der Waals surface area contributed by atoms with Gasteiger partial charge in [-0.2, -0.15) is 0 Å². The van der Waals surface area contributed by atoms with E-state index in [1.54, 1.807) is 11.3 Å².